The minimum Gasteiger partial charge on any atom is -0.485 e. The number of hydrogen-bond donors (Lipinski definition) is 1. The lowest BCUT2D eigenvalue weighted by molar-refractivity contribution is -0.0496. The Kier molecular flexibility index (Phi) is 2.60. The Morgan fingerprint density at radius 2 is 2.12 bits per heavy atom. The van der Waals surface area contributed by atoms with Gasteiger partial charge in [0.1, 0.15) is 11.4 Å². The molecule has 1 aromatic carbocycles. The van der Waals surface area contributed by atoms with E-state index in [2.05, 4.69) is 42.4 Å². The molecule has 0 aliphatic carbocycles. The Morgan fingerprint density at radius 3 is 2.88 bits per heavy atom. The van der Waals surface area contributed by atoms with Gasteiger partial charge in [-0.2, -0.15) is 0 Å². The molecule has 1 saturated heterocycles. The molecule has 0 amide bonds. The molecule has 2 aliphatic heterocycles. The van der Waals surface area contributed by atoms with Crippen LogP contribution in [0.3, 0.4) is 0 Å². The predicted molar refractivity (Wildman–Crippen MR) is 68.4 cm³/mol. The summed E-state index contributed by atoms with van der Waals surface area (Å²) in [7, 11) is 2.13. The fraction of sp³-hybridized carbons (Fsp3) is 0.571. The highest BCUT2D eigenvalue weighted by molar-refractivity contribution is 5.37. The molecule has 3 rings (SSSR count). The summed E-state index contributed by atoms with van der Waals surface area (Å²) in [5.41, 5.74) is 2.86. The number of nitrogens with zero attached hydrogens (tertiary/aromatic N) is 1. The molecule has 1 aromatic rings. The molecule has 0 radical (unpaired) electrons. The van der Waals surface area contributed by atoms with Crippen molar-refractivity contribution >= 4 is 0 Å². The maximum atomic E-state index is 6.10. The summed E-state index contributed by atoms with van der Waals surface area (Å²) in [4.78, 5) is 2.28. The van der Waals surface area contributed by atoms with Crippen molar-refractivity contribution < 1.29 is 4.74 Å². The lowest BCUT2D eigenvalue weighted by Crippen LogP contribution is -2.61. The van der Waals surface area contributed by atoms with E-state index < -0.39 is 0 Å². The van der Waals surface area contributed by atoms with Crippen molar-refractivity contribution in [2.45, 2.75) is 25.5 Å². The zero-order valence-electron chi connectivity index (χ0n) is 10.6. The molecular weight excluding hydrogens is 212 g/mol. The van der Waals surface area contributed by atoms with E-state index in [9.17, 15) is 0 Å². The zero-order valence-corrected chi connectivity index (χ0v) is 10.6. The fourth-order valence-corrected chi connectivity index (χ4v) is 2.97. The molecule has 0 saturated carbocycles. The number of nitrogens with one attached hydrogen (secondary N) is 1. The van der Waals surface area contributed by atoms with Crippen LogP contribution in [-0.2, 0) is 13.0 Å². The van der Waals surface area contributed by atoms with E-state index >= 15 is 0 Å². The van der Waals surface area contributed by atoms with Crippen LogP contribution in [0.2, 0.25) is 0 Å². The quantitative estimate of drug-likeness (QED) is 0.834. The molecule has 3 nitrogen and oxygen atoms in total. The van der Waals surface area contributed by atoms with E-state index in [1.54, 1.807) is 0 Å². The van der Waals surface area contributed by atoms with Crippen LogP contribution in [0, 0.1) is 0 Å². The van der Waals surface area contributed by atoms with Crippen LogP contribution in [0.25, 0.3) is 0 Å². The van der Waals surface area contributed by atoms with Crippen molar-refractivity contribution in [2.75, 3.05) is 26.7 Å². The summed E-state index contributed by atoms with van der Waals surface area (Å²) in [6.07, 6.45) is 1.13. The molecule has 17 heavy (non-hydrogen) atoms. The summed E-state index contributed by atoms with van der Waals surface area (Å²) < 4.78 is 6.10. The first-order valence-electron chi connectivity index (χ1n) is 6.35. The van der Waals surface area contributed by atoms with Gasteiger partial charge in [-0.3, -0.25) is 4.90 Å². The molecule has 1 N–H and O–H groups in total. The van der Waals surface area contributed by atoms with Crippen LogP contribution in [-0.4, -0.2) is 37.2 Å². The molecule has 0 spiro atoms. The summed E-state index contributed by atoms with van der Waals surface area (Å²) in [6.45, 7) is 6.29. The van der Waals surface area contributed by atoms with Crippen LogP contribution in [0.5, 0.6) is 5.75 Å². The van der Waals surface area contributed by atoms with Crippen molar-refractivity contribution in [2.24, 2.45) is 0 Å². The standard InChI is InChI=1S/C14H20N2O/c1-14(9-16(2)10-14)17-13-4-3-11-5-6-15-8-12(11)7-13/h3-4,7,15H,5-6,8-10H2,1-2H3. The van der Waals surface area contributed by atoms with Gasteiger partial charge in [0.25, 0.3) is 0 Å². The number of rotatable bonds is 2. The topological polar surface area (TPSA) is 24.5 Å². The van der Waals surface area contributed by atoms with Crippen molar-refractivity contribution in [3.05, 3.63) is 29.3 Å². The summed E-state index contributed by atoms with van der Waals surface area (Å²) in [6, 6.07) is 6.54. The molecule has 0 unspecified atom stereocenters. The van der Waals surface area contributed by atoms with E-state index in [1.807, 2.05) is 0 Å². The smallest absolute Gasteiger partial charge is 0.131 e. The maximum Gasteiger partial charge on any atom is 0.131 e. The Hall–Kier alpha value is -1.06. The third-order valence-corrected chi connectivity index (χ3v) is 3.64. The zero-order chi connectivity index (χ0) is 11.9. The summed E-state index contributed by atoms with van der Waals surface area (Å²) >= 11 is 0. The SMILES string of the molecule is CN1CC(C)(Oc2ccc3c(c2)CNCC3)C1. The summed E-state index contributed by atoms with van der Waals surface area (Å²) in [5.74, 6) is 1.02. The van der Waals surface area contributed by atoms with Crippen molar-refractivity contribution in [1.82, 2.24) is 10.2 Å². The van der Waals surface area contributed by atoms with E-state index in [-0.39, 0.29) is 5.60 Å². The molecule has 0 bridgehead atoms. The second-order valence-corrected chi connectivity index (χ2v) is 5.58. The molecular formula is C14H20N2O. The number of hydrogen-bond acceptors (Lipinski definition) is 3. The van der Waals surface area contributed by atoms with Crippen LogP contribution >= 0.6 is 0 Å². The second-order valence-electron chi connectivity index (χ2n) is 5.58. The van der Waals surface area contributed by atoms with Crippen molar-refractivity contribution in [1.29, 1.82) is 0 Å². The van der Waals surface area contributed by atoms with Crippen LogP contribution in [0.1, 0.15) is 18.1 Å². The largest absolute Gasteiger partial charge is 0.485 e. The first-order chi connectivity index (χ1) is 8.15. The van der Waals surface area contributed by atoms with Crippen LogP contribution in [0.4, 0.5) is 0 Å². The van der Waals surface area contributed by atoms with Crippen LogP contribution < -0.4 is 10.1 Å². The van der Waals surface area contributed by atoms with E-state index in [4.69, 9.17) is 4.74 Å². The molecule has 2 aliphatic rings. The molecule has 0 aromatic heterocycles. The summed E-state index contributed by atoms with van der Waals surface area (Å²) in [5, 5.41) is 3.40. The normalized spacial score (nSPS) is 22.7. The van der Waals surface area contributed by atoms with E-state index in [1.165, 1.54) is 11.1 Å². The first kappa shape index (κ1) is 11.1. The van der Waals surface area contributed by atoms with Gasteiger partial charge in [0.2, 0.25) is 0 Å². The third-order valence-electron chi connectivity index (χ3n) is 3.64. The minimum atomic E-state index is 0.00504. The average Bonchev–Trinajstić information content (AvgIpc) is 2.27. The van der Waals surface area contributed by atoms with Gasteiger partial charge in [-0.25, -0.2) is 0 Å². The molecule has 3 heteroatoms. The van der Waals surface area contributed by atoms with Gasteiger partial charge >= 0.3 is 0 Å². The molecule has 1 fully saturated rings. The molecule has 2 heterocycles. The van der Waals surface area contributed by atoms with Crippen molar-refractivity contribution in [3.63, 3.8) is 0 Å². The van der Waals surface area contributed by atoms with Gasteiger partial charge in [0.05, 0.1) is 0 Å². The predicted octanol–water partition coefficient (Wildman–Crippen LogP) is 1.42. The van der Waals surface area contributed by atoms with Gasteiger partial charge in [0.15, 0.2) is 0 Å². The third kappa shape index (κ3) is 2.17. The second kappa shape index (κ2) is 4.00. The van der Waals surface area contributed by atoms with Gasteiger partial charge in [-0.05, 0) is 50.2 Å². The van der Waals surface area contributed by atoms with Gasteiger partial charge in [-0.1, -0.05) is 6.07 Å². The maximum absolute atomic E-state index is 6.10. The number of benzene rings is 1. The lowest BCUT2D eigenvalue weighted by Gasteiger charge is -2.45. The Labute approximate surface area is 103 Å². The average molecular weight is 232 g/mol. The fourth-order valence-electron chi connectivity index (χ4n) is 2.97. The first-order valence-corrected chi connectivity index (χ1v) is 6.35. The van der Waals surface area contributed by atoms with Gasteiger partial charge in [-0.15, -0.1) is 0 Å². The number of likely N-dealkylation sites (N-methyl/N-ethyl adjacent to an activating group) is 1. The number of ether oxygens (including phenoxy) is 1. The number of likely N-dealkylation sites (tertiary alicyclic amines) is 1. The minimum absolute atomic E-state index is 0.00504. The number of fused-ring (bicyclic) bond motifs is 1. The molecule has 92 valence electrons. The highest BCUT2D eigenvalue weighted by Crippen LogP contribution is 2.28. The highest BCUT2D eigenvalue weighted by Gasteiger charge is 2.38. The van der Waals surface area contributed by atoms with E-state index in [0.717, 1.165) is 38.3 Å². The Balaban J connectivity index is 1.75. The Morgan fingerprint density at radius 1 is 1.29 bits per heavy atom. The highest BCUT2D eigenvalue weighted by atomic mass is 16.5. The van der Waals surface area contributed by atoms with Crippen LogP contribution in [0.15, 0.2) is 18.2 Å². The monoisotopic (exact) mass is 232 g/mol. The lowest BCUT2D eigenvalue weighted by atomic mass is 9.97. The Bertz CT molecular complexity index is 424. The van der Waals surface area contributed by atoms with E-state index in [0.29, 0.717) is 0 Å². The molecule has 0 atom stereocenters. The van der Waals surface area contributed by atoms with Gasteiger partial charge < -0.3 is 10.1 Å². The van der Waals surface area contributed by atoms with Gasteiger partial charge in [0, 0.05) is 19.6 Å². The van der Waals surface area contributed by atoms with Crippen molar-refractivity contribution in [3.8, 4) is 5.75 Å².